The molecule has 1 aliphatic rings. The first-order valence-electron chi connectivity index (χ1n) is 4.80. The molecule has 0 atom stereocenters. The van der Waals surface area contributed by atoms with Crippen LogP contribution < -0.4 is 0 Å². The number of rotatable bonds is 4. The Morgan fingerprint density at radius 3 is 2.67 bits per heavy atom. The number of hydrogen-bond acceptors (Lipinski definition) is 2. The van der Waals surface area contributed by atoms with E-state index in [1.807, 2.05) is 0 Å². The fourth-order valence-corrected chi connectivity index (χ4v) is 1.55. The highest BCUT2D eigenvalue weighted by Crippen LogP contribution is 2.25. The maximum absolute atomic E-state index is 11.3. The molecule has 1 aliphatic carbocycles. The van der Waals surface area contributed by atoms with Crippen LogP contribution >= 0.6 is 0 Å². The highest BCUT2D eigenvalue weighted by atomic mass is 16.5. The van der Waals surface area contributed by atoms with Gasteiger partial charge in [-0.2, -0.15) is 0 Å². The van der Waals surface area contributed by atoms with Gasteiger partial charge in [0.25, 0.3) is 0 Å². The molecule has 0 spiro atoms. The second-order valence-electron chi connectivity index (χ2n) is 3.36. The van der Waals surface area contributed by atoms with Gasteiger partial charge in [-0.3, -0.25) is 4.79 Å². The molecule has 12 heavy (non-hydrogen) atoms. The molecular formula is C10H17O2. The van der Waals surface area contributed by atoms with Crippen LogP contribution in [-0.2, 0) is 9.53 Å². The first-order valence-corrected chi connectivity index (χ1v) is 4.80. The summed E-state index contributed by atoms with van der Waals surface area (Å²) in [6.45, 7) is 4.24. The monoisotopic (exact) mass is 169 g/mol. The average Bonchev–Trinajstić information content (AvgIpc) is 2.56. The summed E-state index contributed by atoms with van der Waals surface area (Å²) >= 11 is 0. The van der Waals surface area contributed by atoms with Gasteiger partial charge in [0.2, 0.25) is 0 Å². The maximum atomic E-state index is 11.3. The van der Waals surface area contributed by atoms with Crippen LogP contribution in [0.3, 0.4) is 0 Å². The van der Waals surface area contributed by atoms with Crippen LogP contribution in [0, 0.1) is 12.8 Å². The molecule has 1 radical (unpaired) electrons. The lowest BCUT2D eigenvalue weighted by Gasteiger charge is -2.08. The molecule has 1 saturated carbocycles. The first kappa shape index (κ1) is 9.56. The molecule has 0 aromatic rings. The predicted molar refractivity (Wildman–Crippen MR) is 47.5 cm³/mol. The molecule has 0 bridgehead atoms. The van der Waals surface area contributed by atoms with Gasteiger partial charge in [0, 0.05) is 0 Å². The average molecular weight is 169 g/mol. The molecule has 2 nitrogen and oxygen atoms in total. The quantitative estimate of drug-likeness (QED) is 0.477. The molecular weight excluding hydrogens is 152 g/mol. The summed E-state index contributed by atoms with van der Waals surface area (Å²) in [4.78, 5) is 11.3. The summed E-state index contributed by atoms with van der Waals surface area (Å²) in [7, 11) is 0. The zero-order chi connectivity index (χ0) is 8.81. The Kier molecular flexibility index (Phi) is 4.12. The fraction of sp³-hybridized carbons (Fsp3) is 0.800. The van der Waals surface area contributed by atoms with Gasteiger partial charge >= 0.3 is 5.97 Å². The Balaban J connectivity index is 2.10. The van der Waals surface area contributed by atoms with E-state index in [2.05, 4.69) is 6.92 Å². The SMILES string of the molecule is [CH2]CCCOC(=O)C1CCCC1. The minimum atomic E-state index is 0.0148. The molecule has 0 heterocycles. The van der Waals surface area contributed by atoms with Crippen LogP contribution in [0.1, 0.15) is 38.5 Å². The molecule has 0 aromatic carbocycles. The number of unbranched alkanes of at least 4 members (excludes halogenated alkanes) is 1. The van der Waals surface area contributed by atoms with Crippen molar-refractivity contribution in [1.82, 2.24) is 0 Å². The van der Waals surface area contributed by atoms with Gasteiger partial charge in [-0.05, 0) is 19.3 Å². The normalized spacial score (nSPS) is 18.1. The molecule has 0 aliphatic heterocycles. The van der Waals surface area contributed by atoms with Crippen molar-refractivity contribution in [2.45, 2.75) is 38.5 Å². The lowest BCUT2D eigenvalue weighted by atomic mass is 10.1. The van der Waals surface area contributed by atoms with Gasteiger partial charge in [-0.25, -0.2) is 0 Å². The molecule has 0 amide bonds. The van der Waals surface area contributed by atoms with Gasteiger partial charge < -0.3 is 4.74 Å². The van der Waals surface area contributed by atoms with Gasteiger partial charge in [0.05, 0.1) is 12.5 Å². The van der Waals surface area contributed by atoms with Crippen LogP contribution in [0.25, 0.3) is 0 Å². The molecule has 0 aromatic heterocycles. The van der Waals surface area contributed by atoms with Crippen LogP contribution in [-0.4, -0.2) is 12.6 Å². The highest BCUT2D eigenvalue weighted by Gasteiger charge is 2.23. The van der Waals surface area contributed by atoms with E-state index in [0.717, 1.165) is 25.7 Å². The molecule has 1 rings (SSSR count). The third-order valence-electron chi connectivity index (χ3n) is 2.33. The number of esters is 1. The maximum Gasteiger partial charge on any atom is 0.308 e. The second kappa shape index (κ2) is 5.18. The summed E-state index contributed by atoms with van der Waals surface area (Å²) in [6, 6.07) is 0. The predicted octanol–water partition coefficient (Wildman–Crippen LogP) is 2.33. The van der Waals surface area contributed by atoms with Gasteiger partial charge in [-0.15, -0.1) is 0 Å². The Bertz CT molecular complexity index is 137. The van der Waals surface area contributed by atoms with E-state index in [0.29, 0.717) is 6.61 Å². The summed E-state index contributed by atoms with van der Waals surface area (Å²) in [6.07, 6.45) is 6.17. The van der Waals surface area contributed by atoms with Crippen molar-refractivity contribution in [3.05, 3.63) is 6.92 Å². The number of carbonyl (C=O) groups excluding carboxylic acids is 1. The van der Waals surface area contributed by atoms with Crippen molar-refractivity contribution in [3.63, 3.8) is 0 Å². The summed E-state index contributed by atoms with van der Waals surface area (Å²) in [5, 5.41) is 0. The van der Waals surface area contributed by atoms with E-state index in [1.165, 1.54) is 12.8 Å². The lowest BCUT2D eigenvalue weighted by Crippen LogP contribution is -2.15. The van der Waals surface area contributed by atoms with Gasteiger partial charge in [0.1, 0.15) is 0 Å². The zero-order valence-corrected chi connectivity index (χ0v) is 7.55. The Hall–Kier alpha value is -0.530. The summed E-state index contributed by atoms with van der Waals surface area (Å²) < 4.78 is 5.09. The van der Waals surface area contributed by atoms with Crippen LogP contribution in [0.15, 0.2) is 0 Å². The summed E-state index contributed by atoms with van der Waals surface area (Å²) in [5.41, 5.74) is 0. The van der Waals surface area contributed by atoms with Crippen molar-refractivity contribution < 1.29 is 9.53 Å². The van der Waals surface area contributed by atoms with Crippen molar-refractivity contribution in [3.8, 4) is 0 Å². The van der Waals surface area contributed by atoms with E-state index in [9.17, 15) is 4.79 Å². The lowest BCUT2D eigenvalue weighted by molar-refractivity contribution is -0.148. The molecule has 1 fully saturated rings. The van der Waals surface area contributed by atoms with Crippen molar-refractivity contribution in [1.29, 1.82) is 0 Å². The molecule has 0 N–H and O–H groups in total. The number of carbonyl (C=O) groups is 1. The molecule has 2 heteroatoms. The van der Waals surface area contributed by atoms with Gasteiger partial charge in [-0.1, -0.05) is 26.2 Å². The third-order valence-corrected chi connectivity index (χ3v) is 2.33. The summed E-state index contributed by atoms with van der Waals surface area (Å²) in [5.74, 6) is 0.218. The minimum Gasteiger partial charge on any atom is -0.465 e. The van der Waals surface area contributed by atoms with Crippen molar-refractivity contribution in [2.24, 2.45) is 5.92 Å². The first-order chi connectivity index (χ1) is 5.84. The largest absolute Gasteiger partial charge is 0.465 e. The van der Waals surface area contributed by atoms with Crippen molar-refractivity contribution in [2.75, 3.05) is 6.61 Å². The van der Waals surface area contributed by atoms with E-state index >= 15 is 0 Å². The third kappa shape index (κ3) is 2.84. The minimum absolute atomic E-state index is 0.0148. The van der Waals surface area contributed by atoms with E-state index < -0.39 is 0 Å². The molecule has 0 unspecified atom stereocenters. The van der Waals surface area contributed by atoms with E-state index in [4.69, 9.17) is 4.74 Å². The standard InChI is InChI=1S/C10H17O2/c1-2-3-8-12-10(11)9-6-4-5-7-9/h9H,1-8H2. The van der Waals surface area contributed by atoms with E-state index in [1.54, 1.807) is 0 Å². The number of hydrogen-bond donors (Lipinski definition) is 0. The molecule has 0 saturated heterocycles. The second-order valence-corrected chi connectivity index (χ2v) is 3.36. The Morgan fingerprint density at radius 2 is 2.08 bits per heavy atom. The molecule has 69 valence electrons. The highest BCUT2D eigenvalue weighted by molar-refractivity contribution is 5.72. The number of ether oxygens (including phenoxy) is 1. The Labute approximate surface area is 74.3 Å². The van der Waals surface area contributed by atoms with Gasteiger partial charge in [0.15, 0.2) is 0 Å². The fourth-order valence-electron chi connectivity index (χ4n) is 1.55. The topological polar surface area (TPSA) is 26.3 Å². The Morgan fingerprint density at radius 1 is 1.42 bits per heavy atom. The van der Waals surface area contributed by atoms with Crippen molar-refractivity contribution >= 4 is 5.97 Å². The van der Waals surface area contributed by atoms with Crippen LogP contribution in [0.2, 0.25) is 0 Å². The smallest absolute Gasteiger partial charge is 0.308 e. The zero-order valence-electron chi connectivity index (χ0n) is 7.55. The van der Waals surface area contributed by atoms with Crippen LogP contribution in [0.5, 0.6) is 0 Å². The van der Waals surface area contributed by atoms with Crippen LogP contribution in [0.4, 0.5) is 0 Å². The van der Waals surface area contributed by atoms with E-state index in [-0.39, 0.29) is 11.9 Å².